The van der Waals surface area contributed by atoms with Crippen LogP contribution in [-0.2, 0) is 4.79 Å². The second-order valence-electron chi connectivity index (χ2n) is 9.39. The van der Waals surface area contributed by atoms with Crippen molar-refractivity contribution >= 4 is 39.9 Å². The predicted octanol–water partition coefficient (Wildman–Crippen LogP) is 6.39. The summed E-state index contributed by atoms with van der Waals surface area (Å²) in [7, 11) is 0. The highest BCUT2D eigenvalue weighted by Crippen LogP contribution is 2.47. The van der Waals surface area contributed by atoms with Crippen LogP contribution < -0.4 is 15.8 Å². The lowest BCUT2D eigenvalue weighted by molar-refractivity contribution is -0.122. The van der Waals surface area contributed by atoms with E-state index in [0.717, 1.165) is 12.1 Å². The molecule has 0 saturated heterocycles. The molecule has 2 heterocycles. The third-order valence-corrected chi connectivity index (χ3v) is 7.58. The maximum Gasteiger partial charge on any atom is 0.347 e. The molecule has 1 aliphatic rings. The number of benzene rings is 3. The summed E-state index contributed by atoms with van der Waals surface area (Å²) in [6, 6.07) is 21.8. The van der Waals surface area contributed by atoms with Crippen LogP contribution in [-0.4, -0.2) is 17.4 Å². The van der Waals surface area contributed by atoms with Gasteiger partial charge in [-0.2, -0.15) is 0 Å². The molecule has 184 valence electrons. The van der Waals surface area contributed by atoms with Crippen LogP contribution in [0, 0.1) is 12.8 Å². The fraction of sp³-hybridized carbons (Fsp3) is 0.276. The van der Waals surface area contributed by atoms with E-state index in [1.165, 1.54) is 21.2 Å². The van der Waals surface area contributed by atoms with Crippen molar-refractivity contribution in [2.45, 2.75) is 49.4 Å². The molecule has 6 nitrogen and oxygen atoms in total. The van der Waals surface area contributed by atoms with Crippen LogP contribution >= 0.6 is 11.8 Å². The Morgan fingerprint density at radius 3 is 2.33 bits per heavy atom. The molecule has 7 heteroatoms. The fourth-order valence-corrected chi connectivity index (χ4v) is 5.71. The summed E-state index contributed by atoms with van der Waals surface area (Å²) in [6.07, 6.45) is 1.03. The summed E-state index contributed by atoms with van der Waals surface area (Å²) >= 11 is 1.77. The molecule has 0 spiro atoms. The average molecular weight is 500 g/mol. The van der Waals surface area contributed by atoms with Crippen molar-refractivity contribution in [3.8, 4) is 0 Å². The first-order valence-corrected chi connectivity index (χ1v) is 13.1. The summed E-state index contributed by atoms with van der Waals surface area (Å²) in [4.78, 5) is 34.9. The van der Waals surface area contributed by atoms with Crippen LogP contribution in [0.5, 0.6) is 0 Å². The van der Waals surface area contributed by atoms with Crippen LogP contribution in [0.25, 0.3) is 10.9 Å². The molecule has 3 aromatic carbocycles. The molecule has 1 aliphatic heterocycles. The molecular weight excluding hydrogens is 470 g/mol. The predicted molar refractivity (Wildman–Crippen MR) is 144 cm³/mol. The molecular formula is C29H29N3O3S. The zero-order chi connectivity index (χ0) is 25.2. The van der Waals surface area contributed by atoms with Crippen molar-refractivity contribution in [2.75, 3.05) is 11.4 Å². The number of rotatable bonds is 7. The molecule has 1 atom stereocenters. The van der Waals surface area contributed by atoms with Crippen LogP contribution in [0.2, 0.25) is 0 Å². The normalized spacial score (nSPS) is 13.4. The molecule has 0 saturated carbocycles. The van der Waals surface area contributed by atoms with E-state index in [-0.39, 0.29) is 17.7 Å². The SMILES string of the molecule is Cc1cccc2nc([C@@H](NC(=O)CCCN3c4ccccc4Sc4ccccc43)C(C)C)oc(=O)c12. The lowest BCUT2D eigenvalue weighted by atomic mass is 10.0. The number of hydrogen-bond donors (Lipinski definition) is 1. The Morgan fingerprint density at radius 1 is 1.00 bits per heavy atom. The van der Waals surface area contributed by atoms with Gasteiger partial charge in [0.1, 0.15) is 6.04 Å². The number of nitrogens with one attached hydrogen (secondary N) is 1. The number of aromatic nitrogens is 1. The topological polar surface area (TPSA) is 75.4 Å². The van der Waals surface area contributed by atoms with E-state index in [1.807, 2.05) is 45.0 Å². The molecule has 1 N–H and O–H groups in total. The van der Waals surface area contributed by atoms with Crippen molar-refractivity contribution in [3.63, 3.8) is 0 Å². The molecule has 0 bridgehead atoms. The quantitative estimate of drug-likeness (QED) is 0.317. The van der Waals surface area contributed by atoms with Gasteiger partial charge in [-0.15, -0.1) is 0 Å². The van der Waals surface area contributed by atoms with Gasteiger partial charge in [0.05, 0.1) is 22.3 Å². The van der Waals surface area contributed by atoms with Crippen molar-refractivity contribution in [3.05, 3.63) is 88.6 Å². The summed E-state index contributed by atoms with van der Waals surface area (Å²) < 4.78 is 5.58. The Hall–Kier alpha value is -3.58. The van der Waals surface area contributed by atoms with Crippen LogP contribution in [0.1, 0.15) is 44.2 Å². The minimum absolute atomic E-state index is 0.00438. The smallest absolute Gasteiger partial charge is 0.347 e. The molecule has 0 fully saturated rings. The van der Waals surface area contributed by atoms with E-state index in [4.69, 9.17) is 4.42 Å². The number of aryl methyl sites for hydroxylation is 1. The molecule has 36 heavy (non-hydrogen) atoms. The Labute approximate surface area is 214 Å². The van der Waals surface area contributed by atoms with Gasteiger partial charge in [-0.25, -0.2) is 9.78 Å². The summed E-state index contributed by atoms with van der Waals surface area (Å²) in [5.74, 6) is 0.164. The van der Waals surface area contributed by atoms with Crippen molar-refractivity contribution in [1.82, 2.24) is 10.3 Å². The lowest BCUT2D eigenvalue weighted by Gasteiger charge is -2.32. The Kier molecular flexibility index (Phi) is 6.83. The molecule has 0 radical (unpaired) electrons. The van der Waals surface area contributed by atoms with E-state index < -0.39 is 11.7 Å². The number of fused-ring (bicyclic) bond motifs is 3. The lowest BCUT2D eigenvalue weighted by Crippen LogP contribution is -2.33. The van der Waals surface area contributed by atoms with Crippen molar-refractivity contribution in [2.24, 2.45) is 5.92 Å². The van der Waals surface area contributed by atoms with E-state index >= 15 is 0 Å². The first-order chi connectivity index (χ1) is 17.4. The fourth-order valence-electron chi connectivity index (χ4n) is 4.61. The molecule has 4 aromatic rings. The maximum atomic E-state index is 13.0. The first kappa shape index (κ1) is 24.1. The van der Waals surface area contributed by atoms with Crippen LogP contribution in [0.15, 0.2) is 85.7 Å². The molecule has 1 amide bonds. The van der Waals surface area contributed by atoms with Crippen molar-refractivity contribution < 1.29 is 9.21 Å². The zero-order valence-electron chi connectivity index (χ0n) is 20.7. The minimum Gasteiger partial charge on any atom is -0.406 e. The Bertz CT molecular complexity index is 1430. The standard InChI is InChI=1S/C29H29N3O3S/c1-18(2)27(28-30-20-11-8-10-19(3)26(20)29(34)35-28)31-25(33)16-9-17-32-21-12-4-6-14-23(21)36-24-15-7-5-13-22(24)32/h4-8,10-15,18,27H,9,16-17H2,1-3H3,(H,31,33)/t27-/m0/s1. The molecule has 1 aromatic heterocycles. The summed E-state index contributed by atoms with van der Waals surface area (Å²) in [6.45, 7) is 6.54. The van der Waals surface area contributed by atoms with E-state index in [2.05, 4.69) is 51.6 Å². The van der Waals surface area contributed by atoms with Gasteiger partial charge in [0, 0.05) is 22.8 Å². The van der Waals surface area contributed by atoms with Gasteiger partial charge >= 0.3 is 5.63 Å². The Morgan fingerprint density at radius 2 is 1.67 bits per heavy atom. The number of nitrogens with zero attached hydrogens (tertiary/aromatic N) is 2. The first-order valence-electron chi connectivity index (χ1n) is 12.3. The summed E-state index contributed by atoms with van der Waals surface area (Å²) in [5.41, 5.74) is 3.32. The van der Waals surface area contributed by atoms with Gasteiger partial charge in [0.2, 0.25) is 11.8 Å². The highest BCUT2D eigenvalue weighted by Gasteiger charge is 2.25. The summed E-state index contributed by atoms with van der Waals surface area (Å²) in [5, 5.41) is 3.54. The van der Waals surface area contributed by atoms with Gasteiger partial charge in [-0.3, -0.25) is 4.79 Å². The van der Waals surface area contributed by atoms with E-state index in [1.54, 1.807) is 17.8 Å². The number of anilines is 2. The second kappa shape index (κ2) is 10.2. The maximum absolute atomic E-state index is 13.0. The number of hydrogen-bond acceptors (Lipinski definition) is 6. The monoisotopic (exact) mass is 499 g/mol. The number of para-hydroxylation sites is 2. The number of carbonyl (C=O) groups excluding carboxylic acids is 1. The zero-order valence-corrected chi connectivity index (χ0v) is 21.5. The highest BCUT2D eigenvalue weighted by molar-refractivity contribution is 7.99. The molecule has 0 unspecified atom stereocenters. The van der Waals surface area contributed by atoms with Crippen LogP contribution in [0.4, 0.5) is 11.4 Å². The van der Waals surface area contributed by atoms with E-state index in [0.29, 0.717) is 23.7 Å². The number of carbonyl (C=O) groups is 1. The Balaban J connectivity index is 1.29. The van der Waals surface area contributed by atoms with Gasteiger partial charge in [-0.05, 0) is 55.2 Å². The average Bonchev–Trinajstić information content (AvgIpc) is 2.86. The van der Waals surface area contributed by atoms with Crippen molar-refractivity contribution in [1.29, 1.82) is 0 Å². The van der Waals surface area contributed by atoms with Gasteiger partial charge in [0.25, 0.3) is 0 Å². The van der Waals surface area contributed by atoms with Gasteiger partial charge < -0.3 is 14.6 Å². The third-order valence-electron chi connectivity index (χ3n) is 6.45. The largest absolute Gasteiger partial charge is 0.406 e. The second-order valence-corrected chi connectivity index (χ2v) is 10.5. The third kappa shape index (κ3) is 4.75. The number of amides is 1. The van der Waals surface area contributed by atoms with Gasteiger partial charge in [0.15, 0.2) is 0 Å². The molecule has 0 aliphatic carbocycles. The molecule has 5 rings (SSSR count). The van der Waals surface area contributed by atoms with Gasteiger partial charge in [-0.1, -0.05) is 62.0 Å². The highest BCUT2D eigenvalue weighted by atomic mass is 32.2. The minimum atomic E-state index is -0.483. The van der Waals surface area contributed by atoms with Crippen LogP contribution in [0.3, 0.4) is 0 Å². The van der Waals surface area contributed by atoms with E-state index in [9.17, 15) is 9.59 Å².